The van der Waals surface area contributed by atoms with Gasteiger partial charge in [0.1, 0.15) is 5.69 Å². The van der Waals surface area contributed by atoms with Gasteiger partial charge in [0.15, 0.2) is 17.0 Å². The number of nitrogens with one attached hydrogen (secondary N) is 1. The first kappa shape index (κ1) is 24.5. The van der Waals surface area contributed by atoms with Gasteiger partial charge in [-0.05, 0) is 37.3 Å². The summed E-state index contributed by atoms with van der Waals surface area (Å²) in [5.74, 6) is -0.838. The molecule has 8 nitrogen and oxygen atoms in total. The second-order valence-corrected chi connectivity index (χ2v) is 9.14. The Morgan fingerprint density at radius 2 is 1.70 bits per heavy atom. The average molecular weight is 571 g/mol. The molecule has 5 aromatic rings. The average Bonchev–Trinajstić information content (AvgIpc) is 3.38. The maximum absolute atomic E-state index is 13.9. The summed E-state index contributed by atoms with van der Waals surface area (Å²) in [7, 11) is 1.66. The Bertz CT molecular complexity index is 1700. The lowest BCUT2D eigenvalue weighted by molar-refractivity contribution is -0.142. The van der Waals surface area contributed by atoms with Crippen molar-refractivity contribution >= 4 is 33.2 Å². The monoisotopic (exact) mass is 570 g/mol. The van der Waals surface area contributed by atoms with Gasteiger partial charge in [0, 0.05) is 23.2 Å². The zero-order chi connectivity index (χ0) is 26.5. The van der Waals surface area contributed by atoms with Gasteiger partial charge in [-0.1, -0.05) is 46.3 Å². The van der Waals surface area contributed by atoms with Crippen LogP contribution >= 0.6 is 15.9 Å². The molecule has 0 radical (unpaired) electrons. The number of benzene rings is 2. The first-order valence-corrected chi connectivity index (χ1v) is 11.7. The summed E-state index contributed by atoms with van der Waals surface area (Å²) < 4.78 is 46.0. The van der Waals surface area contributed by atoms with Crippen molar-refractivity contribution in [2.45, 2.75) is 13.1 Å². The summed E-state index contributed by atoms with van der Waals surface area (Å²) in [6.45, 7) is 1.65. The molecular weight excluding hydrogens is 553 g/mol. The number of para-hydroxylation sites is 1. The third kappa shape index (κ3) is 4.44. The third-order valence-corrected chi connectivity index (χ3v) is 6.41. The molecule has 0 aliphatic carbocycles. The van der Waals surface area contributed by atoms with E-state index >= 15 is 0 Å². The van der Waals surface area contributed by atoms with Gasteiger partial charge in [0.25, 0.3) is 11.5 Å². The van der Waals surface area contributed by atoms with E-state index in [0.717, 1.165) is 16.6 Å². The van der Waals surface area contributed by atoms with Crippen LogP contribution in [0.25, 0.3) is 22.6 Å². The summed E-state index contributed by atoms with van der Waals surface area (Å²) in [4.78, 5) is 30.4. The van der Waals surface area contributed by atoms with Crippen LogP contribution in [0.3, 0.4) is 0 Å². The molecule has 0 saturated heterocycles. The fourth-order valence-corrected chi connectivity index (χ4v) is 4.21. The van der Waals surface area contributed by atoms with Crippen LogP contribution in [0.4, 0.5) is 18.9 Å². The highest BCUT2D eigenvalue weighted by molar-refractivity contribution is 9.10. The molecule has 12 heteroatoms. The first-order valence-electron chi connectivity index (χ1n) is 10.9. The van der Waals surface area contributed by atoms with Crippen LogP contribution in [0.15, 0.2) is 76.0 Å². The van der Waals surface area contributed by atoms with E-state index in [9.17, 15) is 22.8 Å². The fourth-order valence-electron chi connectivity index (χ4n) is 3.95. The lowest BCUT2D eigenvalue weighted by Gasteiger charge is -2.11. The van der Waals surface area contributed by atoms with Crippen LogP contribution in [-0.4, -0.2) is 29.9 Å². The van der Waals surface area contributed by atoms with E-state index in [4.69, 9.17) is 0 Å². The summed E-state index contributed by atoms with van der Waals surface area (Å²) >= 11 is 3.30. The number of carbonyl (C=O) groups is 1. The number of halogens is 4. The number of rotatable bonds is 4. The number of alkyl halides is 3. The predicted molar refractivity (Wildman–Crippen MR) is 135 cm³/mol. The molecule has 0 aliphatic rings. The Morgan fingerprint density at radius 3 is 2.35 bits per heavy atom. The van der Waals surface area contributed by atoms with Gasteiger partial charge >= 0.3 is 6.18 Å². The molecule has 5 rings (SSSR count). The highest BCUT2D eigenvalue weighted by Gasteiger charge is 2.36. The van der Waals surface area contributed by atoms with Gasteiger partial charge in [0.05, 0.1) is 17.1 Å². The van der Waals surface area contributed by atoms with Crippen molar-refractivity contribution in [2.75, 3.05) is 5.32 Å². The minimum absolute atomic E-state index is 0.00651. The molecule has 0 atom stereocenters. The second kappa shape index (κ2) is 9.04. The van der Waals surface area contributed by atoms with E-state index in [1.807, 2.05) is 6.07 Å². The highest BCUT2D eigenvalue weighted by atomic mass is 79.9. The molecule has 3 heterocycles. The maximum atomic E-state index is 13.9. The van der Waals surface area contributed by atoms with Gasteiger partial charge in [-0.2, -0.15) is 18.3 Å². The lowest BCUT2D eigenvalue weighted by atomic mass is 10.1. The van der Waals surface area contributed by atoms with Gasteiger partial charge in [-0.25, -0.2) is 14.2 Å². The molecule has 1 amide bonds. The van der Waals surface area contributed by atoms with Crippen LogP contribution in [-0.2, 0) is 13.2 Å². The number of amides is 1. The van der Waals surface area contributed by atoms with Gasteiger partial charge in [-0.15, -0.1) is 0 Å². The molecule has 0 spiro atoms. The Balaban J connectivity index is 1.56. The van der Waals surface area contributed by atoms with Crippen molar-refractivity contribution < 1.29 is 18.0 Å². The van der Waals surface area contributed by atoms with E-state index in [1.54, 1.807) is 67.2 Å². The second-order valence-electron chi connectivity index (χ2n) is 8.22. The van der Waals surface area contributed by atoms with Gasteiger partial charge in [-0.3, -0.25) is 14.3 Å². The summed E-state index contributed by atoms with van der Waals surface area (Å²) in [5.41, 5.74) is -0.485. The van der Waals surface area contributed by atoms with Crippen molar-refractivity contribution in [2.24, 2.45) is 7.05 Å². The molecular formula is C25H18BrF3N6O2. The summed E-state index contributed by atoms with van der Waals surface area (Å²) in [5, 5.41) is 6.38. The van der Waals surface area contributed by atoms with E-state index in [0.29, 0.717) is 21.5 Å². The maximum Gasteiger partial charge on any atom is 0.433 e. The summed E-state index contributed by atoms with van der Waals surface area (Å²) in [6.07, 6.45) is -4.76. The van der Waals surface area contributed by atoms with E-state index in [-0.39, 0.29) is 22.7 Å². The number of aromatic nitrogens is 5. The molecule has 37 heavy (non-hydrogen) atoms. The first-order chi connectivity index (χ1) is 17.5. The quantitative estimate of drug-likeness (QED) is 0.320. The number of nitrogens with zero attached hydrogens (tertiary/aromatic N) is 5. The lowest BCUT2D eigenvalue weighted by Crippen LogP contribution is -2.23. The molecule has 0 bridgehead atoms. The number of carbonyl (C=O) groups excluding carboxylic acids is 1. The number of hydrogen-bond donors (Lipinski definition) is 1. The van der Waals surface area contributed by atoms with Crippen molar-refractivity contribution in [1.82, 2.24) is 24.0 Å². The van der Waals surface area contributed by atoms with Crippen molar-refractivity contribution in [1.29, 1.82) is 0 Å². The fraction of sp³-hybridized carbons (Fsp3) is 0.120. The van der Waals surface area contributed by atoms with Crippen molar-refractivity contribution in [3.05, 3.63) is 98.6 Å². The molecule has 0 fully saturated rings. The van der Waals surface area contributed by atoms with Crippen LogP contribution < -0.4 is 10.9 Å². The molecule has 2 aromatic carbocycles. The molecule has 0 unspecified atom stereocenters. The van der Waals surface area contributed by atoms with Gasteiger partial charge < -0.3 is 5.32 Å². The van der Waals surface area contributed by atoms with E-state index < -0.39 is 23.3 Å². The van der Waals surface area contributed by atoms with Crippen LogP contribution in [0, 0.1) is 6.92 Å². The minimum atomic E-state index is -4.76. The standard InChI is InChI=1S/C25H18BrF3N6O2/c1-14-22(24(37)35(33(14)2)17-6-4-3-5-7-17)31-23(36)19-13-21-30-18(15-8-10-16(26)11-9-15)12-20(25(27,28)29)34(21)32-19/h3-13H,1-2H3,(H,31,36). The van der Waals surface area contributed by atoms with E-state index in [1.165, 1.54) is 4.68 Å². The van der Waals surface area contributed by atoms with Gasteiger partial charge in [0.2, 0.25) is 0 Å². The molecule has 1 N–H and O–H groups in total. The molecule has 0 aliphatic heterocycles. The molecule has 3 aromatic heterocycles. The van der Waals surface area contributed by atoms with Crippen molar-refractivity contribution in [3.8, 4) is 16.9 Å². The van der Waals surface area contributed by atoms with Crippen LogP contribution in [0.2, 0.25) is 0 Å². The normalized spacial score (nSPS) is 11.7. The Labute approximate surface area is 216 Å². The number of anilines is 1. The zero-order valence-corrected chi connectivity index (χ0v) is 21.0. The van der Waals surface area contributed by atoms with E-state index in [2.05, 4.69) is 31.3 Å². The molecule has 0 saturated carbocycles. The Kier molecular flexibility index (Phi) is 5.98. The smallest absolute Gasteiger partial charge is 0.314 e. The summed E-state index contributed by atoms with van der Waals surface area (Å²) in [6, 6.07) is 17.5. The minimum Gasteiger partial charge on any atom is -0.314 e. The Morgan fingerprint density at radius 1 is 1.03 bits per heavy atom. The number of hydrogen-bond acceptors (Lipinski definition) is 4. The highest BCUT2D eigenvalue weighted by Crippen LogP contribution is 2.32. The third-order valence-electron chi connectivity index (χ3n) is 5.88. The van der Waals surface area contributed by atoms with Crippen LogP contribution in [0.5, 0.6) is 0 Å². The zero-order valence-electron chi connectivity index (χ0n) is 19.4. The Hall–Kier alpha value is -4.19. The number of fused-ring (bicyclic) bond motifs is 1. The SMILES string of the molecule is Cc1c(NC(=O)c2cc3nc(-c4ccc(Br)cc4)cc(C(F)(F)F)n3n2)c(=O)n(-c2ccccc2)n1C. The van der Waals surface area contributed by atoms with Crippen LogP contribution in [0.1, 0.15) is 21.9 Å². The largest absolute Gasteiger partial charge is 0.433 e. The van der Waals surface area contributed by atoms with Crippen molar-refractivity contribution in [3.63, 3.8) is 0 Å². The predicted octanol–water partition coefficient (Wildman–Crippen LogP) is 5.23. The molecule has 188 valence electrons. The topological polar surface area (TPSA) is 86.2 Å².